The van der Waals surface area contributed by atoms with Gasteiger partial charge in [-0.2, -0.15) is 0 Å². The average Bonchev–Trinajstić information content (AvgIpc) is 2.79. The van der Waals surface area contributed by atoms with Gasteiger partial charge in [0, 0.05) is 27.6 Å². The van der Waals surface area contributed by atoms with Crippen LogP contribution in [0.4, 0.5) is 0 Å². The SMILES string of the molecule is Cc1cccc(=O)n1Cc1ccc(C=CC(=O)O)s1. The smallest absolute Gasteiger partial charge is 0.328 e. The van der Waals surface area contributed by atoms with Crippen LogP contribution in [0.25, 0.3) is 6.08 Å². The number of hydrogen-bond donors (Lipinski definition) is 1. The summed E-state index contributed by atoms with van der Waals surface area (Å²) in [5.41, 5.74) is 0.875. The lowest BCUT2D eigenvalue weighted by Gasteiger charge is -2.07. The Hall–Kier alpha value is -2.14. The first-order chi connectivity index (χ1) is 9.06. The van der Waals surface area contributed by atoms with Gasteiger partial charge in [-0.1, -0.05) is 6.07 Å². The van der Waals surface area contributed by atoms with Crippen LogP contribution in [0.5, 0.6) is 0 Å². The minimum Gasteiger partial charge on any atom is -0.478 e. The molecule has 0 saturated heterocycles. The lowest BCUT2D eigenvalue weighted by atomic mass is 10.3. The molecule has 2 heterocycles. The number of aliphatic carboxylic acids is 1. The van der Waals surface area contributed by atoms with Crippen LogP contribution in [-0.2, 0) is 11.3 Å². The van der Waals surface area contributed by atoms with E-state index in [1.54, 1.807) is 16.7 Å². The standard InChI is InChI=1S/C14H13NO3S/c1-10-3-2-4-13(16)15(10)9-12-6-5-11(19-12)7-8-14(17)18/h2-8H,9H2,1H3,(H,17,18). The number of hydrogen-bond acceptors (Lipinski definition) is 3. The number of carbonyl (C=O) groups is 1. The van der Waals surface area contributed by atoms with E-state index in [0.29, 0.717) is 6.54 Å². The highest BCUT2D eigenvalue weighted by atomic mass is 32.1. The molecule has 0 bridgehead atoms. The third-order valence-corrected chi connectivity index (χ3v) is 3.69. The van der Waals surface area contributed by atoms with Gasteiger partial charge in [0.1, 0.15) is 0 Å². The van der Waals surface area contributed by atoms with Gasteiger partial charge in [0.25, 0.3) is 5.56 Å². The van der Waals surface area contributed by atoms with E-state index in [1.165, 1.54) is 17.4 Å². The first kappa shape index (κ1) is 13.3. The van der Waals surface area contributed by atoms with E-state index >= 15 is 0 Å². The third-order valence-electron chi connectivity index (χ3n) is 2.65. The van der Waals surface area contributed by atoms with Crippen LogP contribution in [-0.4, -0.2) is 15.6 Å². The molecule has 19 heavy (non-hydrogen) atoms. The highest BCUT2D eigenvalue weighted by Gasteiger charge is 2.03. The first-order valence-electron chi connectivity index (χ1n) is 5.72. The molecular formula is C14H13NO3S. The minimum absolute atomic E-state index is 0.0315. The number of carboxylic acids is 1. The van der Waals surface area contributed by atoms with E-state index < -0.39 is 5.97 Å². The largest absolute Gasteiger partial charge is 0.478 e. The number of aromatic nitrogens is 1. The Kier molecular flexibility index (Phi) is 3.97. The zero-order valence-corrected chi connectivity index (χ0v) is 11.2. The number of pyridine rings is 1. The molecule has 0 unspecified atom stereocenters. The molecule has 2 aromatic rings. The number of aryl methyl sites for hydroxylation is 1. The Morgan fingerprint density at radius 2 is 2.16 bits per heavy atom. The molecule has 98 valence electrons. The Bertz CT molecular complexity index is 682. The second-order valence-electron chi connectivity index (χ2n) is 4.07. The van der Waals surface area contributed by atoms with E-state index in [-0.39, 0.29) is 5.56 Å². The molecule has 4 nitrogen and oxygen atoms in total. The predicted molar refractivity (Wildman–Crippen MR) is 75.5 cm³/mol. The van der Waals surface area contributed by atoms with Crippen LogP contribution in [0.1, 0.15) is 15.4 Å². The van der Waals surface area contributed by atoms with Gasteiger partial charge < -0.3 is 9.67 Å². The second-order valence-corrected chi connectivity index (χ2v) is 5.27. The molecule has 0 aliphatic heterocycles. The fraction of sp³-hybridized carbons (Fsp3) is 0.143. The van der Waals surface area contributed by atoms with Crippen LogP contribution in [0.2, 0.25) is 0 Å². The number of nitrogens with zero attached hydrogens (tertiary/aromatic N) is 1. The van der Waals surface area contributed by atoms with Crippen LogP contribution < -0.4 is 5.56 Å². The van der Waals surface area contributed by atoms with Crippen LogP contribution in [0.3, 0.4) is 0 Å². The fourth-order valence-electron chi connectivity index (χ4n) is 1.70. The van der Waals surface area contributed by atoms with Crippen molar-refractivity contribution in [1.29, 1.82) is 0 Å². The van der Waals surface area contributed by atoms with Crippen molar-refractivity contribution in [3.8, 4) is 0 Å². The summed E-state index contributed by atoms with van der Waals surface area (Å²) in [5.74, 6) is -0.968. The van der Waals surface area contributed by atoms with Crippen molar-refractivity contribution >= 4 is 23.4 Å². The van der Waals surface area contributed by atoms with Gasteiger partial charge in [-0.3, -0.25) is 4.79 Å². The van der Waals surface area contributed by atoms with Crippen molar-refractivity contribution in [3.05, 3.63) is 62.2 Å². The van der Waals surface area contributed by atoms with Crippen LogP contribution in [0, 0.1) is 6.92 Å². The number of thiophene rings is 1. The van der Waals surface area contributed by atoms with Gasteiger partial charge in [-0.25, -0.2) is 4.79 Å². The Morgan fingerprint density at radius 1 is 1.37 bits per heavy atom. The molecule has 0 fully saturated rings. The molecule has 0 spiro atoms. The summed E-state index contributed by atoms with van der Waals surface area (Å²) in [4.78, 5) is 24.0. The van der Waals surface area contributed by atoms with Gasteiger partial charge in [0.15, 0.2) is 0 Å². The zero-order chi connectivity index (χ0) is 13.8. The van der Waals surface area contributed by atoms with E-state index in [9.17, 15) is 9.59 Å². The summed E-state index contributed by atoms with van der Waals surface area (Å²) in [6, 6.07) is 8.92. The minimum atomic E-state index is -0.968. The molecule has 0 radical (unpaired) electrons. The van der Waals surface area contributed by atoms with E-state index in [2.05, 4.69) is 0 Å². The van der Waals surface area contributed by atoms with Crippen molar-refractivity contribution in [2.45, 2.75) is 13.5 Å². The Labute approximate surface area is 114 Å². The third kappa shape index (κ3) is 3.42. The molecule has 0 atom stereocenters. The Morgan fingerprint density at radius 3 is 2.84 bits per heavy atom. The van der Waals surface area contributed by atoms with Gasteiger partial charge in [0.2, 0.25) is 0 Å². The quantitative estimate of drug-likeness (QED) is 0.871. The second kappa shape index (κ2) is 5.67. The number of rotatable bonds is 4. The maximum Gasteiger partial charge on any atom is 0.328 e. The summed E-state index contributed by atoms with van der Waals surface area (Å²) in [7, 11) is 0. The zero-order valence-electron chi connectivity index (χ0n) is 10.4. The highest BCUT2D eigenvalue weighted by Crippen LogP contribution is 2.19. The van der Waals surface area contributed by atoms with E-state index in [0.717, 1.165) is 21.5 Å². The molecule has 2 aromatic heterocycles. The molecule has 0 aromatic carbocycles. The lowest BCUT2D eigenvalue weighted by Crippen LogP contribution is -2.20. The van der Waals surface area contributed by atoms with Gasteiger partial charge in [0.05, 0.1) is 6.54 Å². The van der Waals surface area contributed by atoms with Crippen molar-refractivity contribution < 1.29 is 9.90 Å². The monoisotopic (exact) mass is 275 g/mol. The molecule has 5 heteroatoms. The maximum absolute atomic E-state index is 11.7. The van der Waals surface area contributed by atoms with Crippen LogP contribution >= 0.6 is 11.3 Å². The summed E-state index contributed by atoms with van der Waals surface area (Å²) in [6.45, 7) is 2.40. The summed E-state index contributed by atoms with van der Waals surface area (Å²) < 4.78 is 1.69. The van der Waals surface area contributed by atoms with Crippen molar-refractivity contribution in [2.75, 3.05) is 0 Å². The van der Waals surface area contributed by atoms with E-state index in [4.69, 9.17) is 5.11 Å². The number of carboxylic acid groups (broad SMARTS) is 1. The maximum atomic E-state index is 11.7. The molecule has 0 aliphatic rings. The average molecular weight is 275 g/mol. The first-order valence-corrected chi connectivity index (χ1v) is 6.54. The predicted octanol–water partition coefficient (Wildman–Crippen LogP) is 2.36. The molecule has 2 rings (SSSR count). The summed E-state index contributed by atoms with van der Waals surface area (Å²) in [6.07, 6.45) is 2.66. The molecular weight excluding hydrogens is 262 g/mol. The van der Waals surface area contributed by atoms with E-state index in [1.807, 2.05) is 25.1 Å². The van der Waals surface area contributed by atoms with Crippen molar-refractivity contribution in [3.63, 3.8) is 0 Å². The van der Waals surface area contributed by atoms with Gasteiger partial charge in [-0.15, -0.1) is 11.3 Å². The molecule has 0 saturated carbocycles. The fourth-order valence-corrected chi connectivity index (χ4v) is 2.61. The topological polar surface area (TPSA) is 59.3 Å². The van der Waals surface area contributed by atoms with Crippen LogP contribution in [0.15, 0.2) is 41.2 Å². The van der Waals surface area contributed by atoms with Crippen molar-refractivity contribution in [2.24, 2.45) is 0 Å². The Balaban J connectivity index is 2.21. The highest BCUT2D eigenvalue weighted by molar-refractivity contribution is 7.12. The summed E-state index contributed by atoms with van der Waals surface area (Å²) in [5, 5.41) is 8.56. The van der Waals surface area contributed by atoms with Gasteiger partial charge >= 0.3 is 5.97 Å². The lowest BCUT2D eigenvalue weighted by molar-refractivity contribution is -0.131. The molecule has 0 aliphatic carbocycles. The normalized spacial score (nSPS) is 11.0. The van der Waals surface area contributed by atoms with Crippen molar-refractivity contribution in [1.82, 2.24) is 4.57 Å². The summed E-state index contributed by atoms with van der Waals surface area (Å²) >= 11 is 1.48. The van der Waals surface area contributed by atoms with Gasteiger partial charge in [-0.05, 0) is 31.2 Å². The molecule has 1 N–H and O–H groups in total. The molecule has 0 amide bonds.